The Morgan fingerprint density at radius 1 is 1.08 bits per heavy atom. The van der Waals surface area contributed by atoms with Crippen molar-refractivity contribution in [2.75, 3.05) is 21.0 Å². The second-order valence-electron chi connectivity index (χ2n) is 6.13. The van der Waals surface area contributed by atoms with Crippen molar-refractivity contribution in [1.82, 2.24) is 0 Å². The Morgan fingerprint density at radius 3 is 2.50 bits per heavy atom. The lowest BCUT2D eigenvalue weighted by Crippen LogP contribution is -2.08. The highest BCUT2D eigenvalue weighted by Crippen LogP contribution is 2.33. The fraction of sp³-hybridized carbons (Fsp3) is 0.545. The Kier molecular flexibility index (Phi) is 11.0. The van der Waals surface area contributed by atoms with Gasteiger partial charge in [0, 0.05) is 31.9 Å². The molecular formula is C22H30O4. The summed E-state index contributed by atoms with van der Waals surface area (Å²) in [5, 5.41) is 10.7. The molecule has 0 amide bonds. The average molecular weight is 358 g/mol. The lowest BCUT2D eigenvalue weighted by atomic mass is 9.94. The molecule has 0 radical (unpaired) electrons. The number of aliphatic hydroxyl groups excluding tert-OH is 1. The lowest BCUT2D eigenvalue weighted by molar-refractivity contribution is 0.0471. The predicted molar refractivity (Wildman–Crippen MR) is 104 cm³/mol. The first-order valence-corrected chi connectivity index (χ1v) is 8.95. The monoisotopic (exact) mass is 358 g/mol. The summed E-state index contributed by atoms with van der Waals surface area (Å²) in [4.78, 5) is 0. The van der Waals surface area contributed by atoms with Crippen molar-refractivity contribution < 1.29 is 19.3 Å². The number of benzene rings is 1. The maximum atomic E-state index is 10.7. The quantitative estimate of drug-likeness (QED) is 0.384. The number of unbranched alkanes of at least 4 members (excludes halogenated alkanes) is 1. The van der Waals surface area contributed by atoms with E-state index < -0.39 is 6.10 Å². The summed E-state index contributed by atoms with van der Waals surface area (Å²) in [5.74, 6) is 13.8. The van der Waals surface area contributed by atoms with Crippen molar-refractivity contribution in [2.24, 2.45) is 5.92 Å². The van der Waals surface area contributed by atoms with Gasteiger partial charge in [-0.15, -0.1) is 23.7 Å². The van der Waals surface area contributed by atoms with E-state index in [9.17, 15) is 5.11 Å². The maximum Gasteiger partial charge on any atom is 0.188 e. The average Bonchev–Trinajstić information content (AvgIpc) is 2.65. The summed E-state index contributed by atoms with van der Waals surface area (Å²) in [7, 11) is 3.17. The molecule has 1 aromatic carbocycles. The van der Waals surface area contributed by atoms with Gasteiger partial charge in [-0.2, -0.15) is 0 Å². The SMILES string of the molecule is CC#CCCC#CCC[C@H](C)CC(O)c1cc(OC)ccc1OCOC. The van der Waals surface area contributed by atoms with E-state index in [2.05, 4.69) is 30.6 Å². The molecule has 0 aliphatic rings. The summed E-state index contributed by atoms with van der Waals surface area (Å²) in [6, 6.07) is 5.42. The van der Waals surface area contributed by atoms with Gasteiger partial charge in [0.25, 0.3) is 0 Å². The van der Waals surface area contributed by atoms with Crippen LogP contribution in [0.1, 0.15) is 57.6 Å². The highest BCUT2D eigenvalue weighted by Gasteiger charge is 2.18. The van der Waals surface area contributed by atoms with Crippen molar-refractivity contribution in [1.29, 1.82) is 0 Å². The van der Waals surface area contributed by atoms with Crippen LogP contribution in [0.5, 0.6) is 11.5 Å². The minimum Gasteiger partial charge on any atom is -0.497 e. The van der Waals surface area contributed by atoms with Crippen LogP contribution in [-0.4, -0.2) is 26.1 Å². The van der Waals surface area contributed by atoms with E-state index in [1.54, 1.807) is 20.3 Å². The van der Waals surface area contributed by atoms with Crippen molar-refractivity contribution >= 4 is 0 Å². The molecule has 0 aromatic heterocycles. The number of aliphatic hydroxyl groups is 1. The van der Waals surface area contributed by atoms with E-state index in [0.29, 0.717) is 23.8 Å². The van der Waals surface area contributed by atoms with E-state index >= 15 is 0 Å². The molecule has 0 heterocycles. The van der Waals surface area contributed by atoms with Crippen molar-refractivity contribution in [3.63, 3.8) is 0 Å². The van der Waals surface area contributed by atoms with E-state index in [0.717, 1.165) is 31.2 Å². The van der Waals surface area contributed by atoms with Crippen LogP contribution < -0.4 is 9.47 Å². The van der Waals surface area contributed by atoms with Crippen LogP contribution in [0, 0.1) is 29.6 Å². The molecule has 0 fully saturated rings. The molecule has 142 valence electrons. The van der Waals surface area contributed by atoms with Gasteiger partial charge in [0.2, 0.25) is 0 Å². The molecule has 2 atom stereocenters. The highest BCUT2D eigenvalue weighted by atomic mass is 16.7. The number of ether oxygens (including phenoxy) is 3. The third-order valence-corrected chi connectivity index (χ3v) is 3.97. The van der Waals surface area contributed by atoms with Crippen LogP contribution in [0.4, 0.5) is 0 Å². The number of hydrogen-bond acceptors (Lipinski definition) is 4. The Morgan fingerprint density at radius 2 is 1.81 bits per heavy atom. The van der Waals surface area contributed by atoms with Crippen molar-refractivity contribution in [3.05, 3.63) is 23.8 Å². The standard InChI is InChI=1S/C22H30O4/c1-5-6-7-8-9-10-11-12-18(2)15-21(23)20-16-19(25-4)13-14-22(20)26-17-24-3/h13-14,16,18,21,23H,7-8,11-12,15,17H2,1-4H3/t18-,21?/m0/s1. The van der Waals surface area contributed by atoms with E-state index in [-0.39, 0.29) is 6.79 Å². The maximum absolute atomic E-state index is 10.7. The first-order chi connectivity index (χ1) is 12.6. The van der Waals surface area contributed by atoms with Gasteiger partial charge in [-0.1, -0.05) is 6.92 Å². The Bertz CT molecular complexity index is 646. The summed E-state index contributed by atoms with van der Waals surface area (Å²) >= 11 is 0. The molecule has 0 spiro atoms. The molecule has 0 saturated carbocycles. The second kappa shape index (κ2) is 13.1. The molecule has 4 heteroatoms. The minimum absolute atomic E-state index is 0.138. The molecule has 0 aliphatic carbocycles. The van der Waals surface area contributed by atoms with Gasteiger partial charge < -0.3 is 19.3 Å². The van der Waals surface area contributed by atoms with Gasteiger partial charge in [0.15, 0.2) is 6.79 Å². The zero-order valence-electron chi connectivity index (χ0n) is 16.3. The van der Waals surface area contributed by atoms with Crippen LogP contribution in [0.15, 0.2) is 18.2 Å². The number of methoxy groups -OCH3 is 2. The van der Waals surface area contributed by atoms with Crippen LogP contribution >= 0.6 is 0 Å². The zero-order chi connectivity index (χ0) is 19.2. The van der Waals surface area contributed by atoms with Crippen LogP contribution in [0.3, 0.4) is 0 Å². The van der Waals surface area contributed by atoms with E-state index in [1.807, 2.05) is 19.1 Å². The van der Waals surface area contributed by atoms with Crippen LogP contribution in [-0.2, 0) is 4.74 Å². The summed E-state index contributed by atoms with van der Waals surface area (Å²) in [6.45, 7) is 4.11. The highest BCUT2D eigenvalue weighted by molar-refractivity contribution is 5.41. The normalized spacial score (nSPS) is 12.2. The summed E-state index contributed by atoms with van der Waals surface area (Å²) in [6.07, 6.45) is 3.44. The Hall–Kier alpha value is -2.14. The molecule has 26 heavy (non-hydrogen) atoms. The molecule has 1 rings (SSSR count). The van der Waals surface area contributed by atoms with E-state index in [1.165, 1.54) is 0 Å². The first-order valence-electron chi connectivity index (χ1n) is 8.95. The topological polar surface area (TPSA) is 47.9 Å². The summed E-state index contributed by atoms with van der Waals surface area (Å²) in [5.41, 5.74) is 0.720. The van der Waals surface area contributed by atoms with Gasteiger partial charge in [0.05, 0.1) is 13.2 Å². The molecule has 4 nitrogen and oxygen atoms in total. The molecular weight excluding hydrogens is 328 g/mol. The van der Waals surface area contributed by atoms with Gasteiger partial charge in [0.1, 0.15) is 11.5 Å². The third-order valence-electron chi connectivity index (χ3n) is 3.97. The van der Waals surface area contributed by atoms with Gasteiger partial charge in [-0.3, -0.25) is 0 Å². The fourth-order valence-corrected chi connectivity index (χ4v) is 2.54. The molecule has 0 saturated heterocycles. The lowest BCUT2D eigenvalue weighted by Gasteiger charge is -2.19. The largest absolute Gasteiger partial charge is 0.497 e. The third kappa shape index (κ3) is 8.30. The van der Waals surface area contributed by atoms with E-state index in [4.69, 9.17) is 14.2 Å². The minimum atomic E-state index is -0.625. The molecule has 1 N–H and O–H groups in total. The van der Waals surface area contributed by atoms with Crippen molar-refractivity contribution in [3.8, 4) is 35.2 Å². The van der Waals surface area contributed by atoms with Crippen molar-refractivity contribution in [2.45, 2.75) is 52.1 Å². The molecule has 1 aromatic rings. The van der Waals surface area contributed by atoms with Gasteiger partial charge in [-0.25, -0.2) is 0 Å². The van der Waals surface area contributed by atoms with Crippen LogP contribution in [0.2, 0.25) is 0 Å². The number of rotatable bonds is 10. The Labute approximate surface area is 157 Å². The predicted octanol–water partition coefficient (Wildman–Crippen LogP) is 4.32. The fourth-order valence-electron chi connectivity index (χ4n) is 2.54. The Balaban J connectivity index is 2.58. The molecule has 0 bridgehead atoms. The summed E-state index contributed by atoms with van der Waals surface area (Å²) < 4.78 is 15.8. The van der Waals surface area contributed by atoms with Crippen LogP contribution in [0.25, 0.3) is 0 Å². The van der Waals surface area contributed by atoms with Gasteiger partial charge in [-0.05, 0) is 43.9 Å². The van der Waals surface area contributed by atoms with Gasteiger partial charge >= 0.3 is 0 Å². The molecule has 1 unspecified atom stereocenters. The zero-order valence-corrected chi connectivity index (χ0v) is 16.3. The number of hydrogen-bond donors (Lipinski definition) is 1. The first kappa shape index (κ1) is 21.9. The smallest absolute Gasteiger partial charge is 0.188 e. The second-order valence-corrected chi connectivity index (χ2v) is 6.13. The molecule has 0 aliphatic heterocycles.